The highest BCUT2D eigenvalue weighted by molar-refractivity contribution is 5.90. The number of nitrogens with one attached hydrogen (secondary N) is 1. The molecule has 0 radical (unpaired) electrons. The third-order valence-electron chi connectivity index (χ3n) is 3.37. The first-order valence-electron chi connectivity index (χ1n) is 6.80. The molecule has 114 valence electrons. The third kappa shape index (κ3) is 2.79. The van der Waals surface area contributed by atoms with Crippen molar-refractivity contribution >= 4 is 5.91 Å². The van der Waals surface area contributed by atoms with Gasteiger partial charge in [0.15, 0.2) is 0 Å². The molecule has 1 aliphatic rings. The summed E-state index contributed by atoms with van der Waals surface area (Å²) in [5.41, 5.74) is 1.47. The highest BCUT2D eigenvalue weighted by atomic mass is 16.5. The van der Waals surface area contributed by atoms with Gasteiger partial charge in [-0.2, -0.15) is 10.4 Å². The number of fused-ring (bicyclic) bond motifs is 1. The van der Waals surface area contributed by atoms with Gasteiger partial charge in [0.05, 0.1) is 24.9 Å². The number of nitrogens with zero attached hydrogens (tertiary/aromatic N) is 7. The smallest absolute Gasteiger partial charge is 0.291 e. The van der Waals surface area contributed by atoms with Gasteiger partial charge in [0.25, 0.3) is 5.91 Å². The minimum Gasteiger partial charge on any atom is -0.360 e. The van der Waals surface area contributed by atoms with Gasteiger partial charge in [-0.1, -0.05) is 5.21 Å². The zero-order valence-electron chi connectivity index (χ0n) is 11.8. The van der Waals surface area contributed by atoms with Crippen molar-refractivity contribution in [3.8, 4) is 6.07 Å². The molecule has 10 nitrogen and oxygen atoms in total. The Morgan fingerprint density at radius 2 is 2.41 bits per heavy atom. The van der Waals surface area contributed by atoms with Crippen LogP contribution < -0.4 is 0 Å². The quantitative estimate of drug-likeness (QED) is 0.753. The van der Waals surface area contributed by atoms with E-state index in [1.807, 2.05) is 6.07 Å². The zero-order chi connectivity index (χ0) is 15.4. The van der Waals surface area contributed by atoms with Gasteiger partial charge in [-0.05, 0) is 6.42 Å². The van der Waals surface area contributed by atoms with Gasteiger partial charge in [-0.3, -0.25) is 9.89 Å². The van der Waals surface area contributed by atoms with Crippen LogP contribution in [-0.2, 0) is 24.4 Å². The molecule has 2 aromatic heterocycles. The molecule has 0 spiro atoms. The first-order chi connectivity index (χ1) is 10.8. The van der Waals surface area contributed by atoms with Crippen molar-refractivity contribution in [1.82, 2.24) is 35.1 Å². The first-order valence-corrected chi connectivity index (χ1v) is 6.80. The highest BCUT2D eigenvalue weighted by Gasteiger charge is 2.25. The minimum atomic E-state index is -0.212. The number of rotatable bonds is 4. The first kappa shape index (κ1) is 14.2. The molecule has 0 bridgehead atoms. The van der Waals surface area contributed by atoms with E-state index in [-0.39, 0.29) is 24.9 Å². The third-order valence-corrected chi connectivity index (χ3v) is 3.37. The Bertz CT molecular complexity index is 687. The lowest BCUT2D eigenvalue weighted by Crippen LogP contribution is -2.31. The maximum atomic E-state index is 12.4. The van der Waals surface area contributed by atoms with Crippen LogP contribution in [-0.4, -0.2) is 54.1 Å². The van der Waals surface area contributed by atoms with Crippen molar-refractivity contribution in [1.29, 1.82) is 5.26 Å². The number of hydrogen-bond donors (Lipinski definition) is 1. The van der Waals surface area contributed by atoms with E-state index in [0.717, 1.165) is 12.1 Å². The average molecular weight is 302 g/mol. The van der Waals surface area contributed by atoms with Crippen molar-refractivity contribution in [2.24, 2.45) is 0 Å². The van der Waals surface area contributed by atoms with E-state index in [1.165, 1.54) is 6.33 Å². The monoisotopic (exact) mass is 302 g/mol. The summed E-state index contributed by atoms with van der Waals surface area (Å²) in [5, 5.41) is 22.9. The molecular formula is C12H14N8O2. The van der Waals surface area contributed by atoms with Gasteiger partial charge in [0.1, 0.15) is 18.6 Å². The molecule has 1 N–H and O–H groups in total. The Labute approximate surface area is 125 Å². The van der Waals surface area contributed by atoms with E-state index in [2.05, 4.69) is 25.5 Å². The Kier molecular flexibility index (Phi) is 4.06. The lowest BCUT2D eigenvalue weighted by atomic mass is 10.3. The number of ether oxygens (including phenoxy) is 1. The summed E-state index contributed by atoms with van der Waals surface area (Å²) >= 11 is 0. The van der Waals surface area contributed by atoms with Crippen LogP contribution in [0.3, 0.4) is 0 Å². The van der Waals surface area contributed by atoms with Gasteiger partial charge in [0.2, 0.25) is 5.82 Å². The zero-order valence-corrected chi connectivity index (χ0v) is 11.8. The molecule has 0 fully saturated rings. The molecule has 2 aromatic rings. The molecule has 0 aliphatic carbocycles. The van der Waals surface area contributed by atoms with Gasteiger partial charge in [0, 0.05) is 13.1 Å². The number of carbonyl (C=O) groups is 1. The number of H-pyrrole nitrogens is 1. The molecule has 3 rings (SSSR count). The van der Waals surface area contributed by atoms with Gasteiger partial charge < -0.3 is 9.64 Å². The Hall–Kier alpha value is -2.80. The lowest BCUT2D eigenvalue weighted by Gasteiger charge is -2.18. The molecule has 1 amide bonds. The van der Waals surface area contributed by atoms with E-state index in [1.54, 1.807) is 9.58 Å². The van der Waals surface area contributed by atoms with Crippen LogP contribution >= 0.6 is 0 Å². The van der Waals surface area contributed by atoms with Crippen LogP contribution in [0.5, 0.6) is 0 Å². The maximum absolute atomic E-state index is 12.4. The van der Waals surface area contributed by atoms with E-state index < -0.39 is 0 Å². The van der Waals surface area contributed by atoms with E-state index in [9.17, 15) is 4.79 Å². The van der Waals surface area contributed by atoms with Crippen molar-refractivity contribution in [3.63, 3.8) is 0 Å². The molecule has 0 aromatic carbocycles. The predicted octanol–water partition coefficient (Wildman–Crippen LogP) is -0.518. The van der Waals surface area contributed by atoms with E-state index in [4.69, 9.17) is 10.00 Å². The van der Waals surface area contributed by atoms with Crippen LogP contribution in [0.1, 0.15) is 28.4 Å². The van der Waals surface area contributed by atoms with Gasteiger partial charge in [-0.25, -0.2) is 9.67 Å². The number of aromatic nitrogens is 6. The van der Waals surface area contributed by atoms with Crippen molar-refractivity contribution in [3.05, 3.63) is 23.5 Å². The maximum Gasteiger partial charge on any atom is 0.291 e. The molecule has 22 heavy (non-hydrogen) atoms. The SMILES string of the molecule is N#CCOCc1nnn2c1CN(C(=O)c1ncn[nH]1)CCC2. The summed E-state index contributed by atoms with van der Waals surface area (Å²) in [4.78, 5) is 18.0. The van der Waals surface area contributed by atoms with Crippen LogP contribution in [0, 0.1) is 11.3 Å². The van der Waals surface area contributed by atoms with Crippen LogP contribution in [0.15, 0.2) is 6.33 Å². The second-order valence-electron chi connectivity index (χ2n) is 4.77. The summed E-state index contributed by atoms with van der Waals surface area (Å²) in [7, 11) is 0. The molecule has 3 heterocycles. The summed E-state index contributed by atoms with van der Waals surface area (Å²) in [6.07, 6.45) is 2.08. The van der Waals surface area contributed by atoms with Crippen molar-refractivity contribution in [2.75, 3.05) is 13.2 Å². The second-order valence-corrected chi connectivity index (χ2v) is 4.77. The fourth-order valence-corrected chi connectivity index (χ4v) is 2.33. The number of hydrogen-bond acceptors (Lipinski definition) is 7. The van der Waals surface area contributed by atoms with E-state index in [0.29, 0.717) is 25.3 Å². The molecular weight excluding hydrogens is 288 g/mol. The Balaban J connectivity index is 1.78. The highest BCUT2D eigenvalue weighted by Crippen LogP contribution is 2.16. The molecule has 0 atom stereocenters. The summed E-state index contributed by atoms with van der Waals surface area (Å²) in [6, 6.07) is 1.91. The molecule has 1 aliphatic heterocycles. The fraction of sp³-hybridized carbons (Fsp3) is 0.500. The number of aryl methyl sites for hydroxylation is 1. The molecule has 0 unspecified atom stereocenters. The number of amides is 1. The molecule has 10 heteroatoms. The van der Waals surface area contributed by atoms with Gasteiger partial charge in [-0.15, -0.1) is 5.10 Å². The summed E-state index contributed by atoms with van der Waals surface area (Å²) < 4.78 is 6.97. The van der Waals surface area contributed by atoms with Crippen LogP contribution in [0.25, 0.3) is 0 Å². The average Bonchev–Trinajstić information content (AvgIpc) is 3.13. The minimum absolute atomic E-state index is 0.00693. The standard InChI is InChI=1S/C12H14N8O2/c13-2-5-22-7-9-10-6-19(3-1-4-20(10)18-16-9)12(21)11-14-8-15-17-11/h8H,1,3-7H2,(H,14,15,17). The molecule has 0 saturated heterocycles. The second kappa shape index (κ2) is 6.31. The topological polar surface area (TPSA) is 126 Å². The summed E-state index contributed by atoms with van der Waals surface area (Å²) in [5.74, 6) is -0.000696. The number of nitriles is 1. The van der Waals surface area contributed by atoms with Crippen LogP contribution in [0.4, 0.5) is 0 Å². The van der Waals surface area contributed by atoms with Crippen molar-refractivity contribution < 1.29 is 9.53 Å². The van der Waals surface area contributed by atoms with Crippen LogP contribution in [0.2, 0.25) is 0 Å². The molecule has 0 saturated carbocycles. The fourth-order valence-electron chi connectivity index (χ4n) is 2.33. The number of aromatic amines is 1. The Morgan fingerprint density at radius 3 is 3.18 bits per heavy atom. The van der Waals surface area contributed by atoms with E-state index >= 15 is 0 Å². The largest absolute Gasteiger partial charge is 0.360 e. The van der Waals surface area contributed by atoms with Crippen molar-refractivity contribution in [2.45, 2.75) is 26.1 Å². The Morgan fingerprint density at radius 1 is 1.50 bits per heavy atom. The summed E-state index contributed by atoms with van der Waals surface area (Å²) in [6.45, 7) is 1.85. The lowest BCUT2D eigenvalue weighted by molar-refractivity contribution is 0.0731. The number of carbonyl (C=O) groups excluding carboxylic acids is 1. The predicted molar refractivity (Wildman–Crippen MR) is 71.0 cm³/mol. The normalized spacial score (nSPS) is 14.2. The van der Waals surface area contributed by atoms with Gasteiger partial charge >= 0.3 is 0 Å².